The predicted molar refractivity (Wildman–Crippen MR) is 354 cm³/mol. The smallest absolute Gasteiger partial charge is 0.137 e. The van der Waals surface area contributed by atoms with Gasteiger partial charge in [-0.3, -0.25) is 4.57 Å². The van der Waals surface area contributed by atoms with Crippen LogP contribution in [0.1, 0.15) is 79.0 Å². The molecule has 1 aliphatic heterocycles. The van der Waals surface area contributed by atoms with Crippen molar-refractivity contribution in [1.29, 1.82) is 0 Å². The summed E-state index contributed by atoms with van der Waals surface area (Å²) in [5, 5.41) is 4.42. The molecule has 0 spiro atoms. The molecular weight excluding hydrogens is 1080 g/mol. The first kappa shape index (κ1) is 55.0. The van der Waals surface area contributed by atoms with E-state index in [1.807, 2.05) is 60.8 Å². The normalized spacial score (nSPS) is 13.0. The fourth-order valence-corrected chi connectivity index (χ4v) is 12.7. The third kappa shape index (κ3) is 9.75. The van der Waals surface area contributed by atoms with Crippen molar-refractivity contribution < 1.29 is 17.9 Å². The molecule has 3 aromatic heterocycles. The van der Waals surface area contributed by atoms with Crippen LogP contribution >= 0.6 is 0 Å². The number of nitrogens with zero attached hydrogens (tertiary/aromatic N) is 5. The maximum absolute atomic E-state index is 17.0. The minimum absolute atomic E-state index is 0.0963. The summed E-state index contributed by atoms with van der Waals surface area (Å²) in [6, 6.07) is 72.6. The van der Waals surface area contributed by atoms with Gasteiger partial charge in [0.2, 0.25) is 0 Å². The second-order valence-electron chi connectivity index (χ2n) is 26.2. The van der Waals surface area contributed by atoms with E-state index in [0.29, 0.717) is 17.2 Å². The van der Waals surface area contributed by atoms with Crippen molar-refractivity contribution in [3.63, 3.8) is 0 Å². The Kier molecular flexibility index (Phi) is 13.1. The molecule has 0 radical (unpaired) electrons. The van der Waals surface area contributed by atoms with Gasteiger partial charge in [-0.15, -0.1) is 0 Å². The van der Waals surface area contributed by atoms with Crippen LogP contribution in [0.25, 0.3) is 88.5 Å². The largest absolute Gasteiger partial charge is 0.457 e. The highest BCUT2D eigenvalue weighted by Gasteiger charge is 2.35. The summed E-state index contributed by atoms with van der Waals surface area (Å²) >= 11 is 0. The molecule has 6 nitrogen and oxygen atoms in total. The lowest BCUT2D eigenvalue weighted by Crippen LogP contribution is -2.25. The molecule has 0 bridgehead atoms. The number of hydrogen-bond acceptors (Lipinski definition) is 4. The van der Waals surface area contributed by atoms with E-state index in [4.69, 9.17) is 9.72 Å². The molecule has 0 atom stereocenters. The Morgan fingerprint density at radius 2 is 0.920 bits per heavy atom. The van der Waals surface area contributed by atoms with Gasteiger partial charge in [0.1, 0.15) is 41.4 Å². The van der Waals surface area contributed by atoms with Gasteiger partial charge in [-0.1, -0.05) is 178 Å². The van der Waals surface area contributed by atoms with Crippen molar-refractivity contribution in [2.24, 2.45) is 0 Å². The van der Waals surface area contributed by atoms with Gasteiger partial charge in [-0.05, 0) is 122 Å². The van der Waals surface area contributed by atoms with Crippen LogP contribution in [0.3, 0.4) is 0 Å². The highest BCUT2D eigenvalue weighted by atomic mass is 19.1. The summed E-state index contributed by atoms with van der Waals surface area (Å²) in [7, 11) is 0. The molecule has 0 N–H and O–H groups in total. The molecule has 87 heavy (non-hydrogen) atoms. The second-order valence-corrected chi connectivity index (χ2v) is 26.2. The van der Waals surface area contributed by atoms with Crippen LogP contribution in [0.2, 0.25) is 0 Å². The van der Waals surface area contributed by atoms with E-state index in [9.17, 15) is 0 Å². The molecule has 1 aliphatic rings. The number of fused-ring (bicyclic) bond motifs is 7. The Bertz CT molecular complexity index is 4770. The quantitative estimate of drug-likeness (QED) is 0.144. The summed E-state index contributed by atoms with van der Waals surface area (Å²) in [6.45, 7) is 20.1. The molecule has 14 rings (SSSR count). The van der Waals surface area contributed by atoms with Gasteiger partial charge in [0.05, 0.1) is 50.4 Å². The van der Waals surface area contributed by atoms with Crippen LogP contribution < -0.4 is 14.5 Å². The summed E-state index contributed by atoms with van der Waals surface area (Å²) in [4.78, 5) is 9.37. The molecule has 0 amide bonds. The van der Waals surface area contributed by atoms with E-state index in [2.05, 4.69) is 233 Å². The topological polar surface area (TPSA) is 38.5 Å². The zero-order valence-electron chi connectivity index (χ0n) is 50.3. The van der Waals surface area contributed by atoms with E-state index in [-0.39, 0.29) is 34.0 Å². The first-order valence-electron chi connectivity index (χ1n) is 29.8. The Hall–Kier alpha value is -9.86. The molecular formula is C78H66F3N5O. The first-order valence-corrected chi connectivity index (χ1v) is 29.8. The lowest BCUT2D eigenvalue weighted by Gasteiger charge is -2.30. The number of pyridine rings is 1. The minimum Gasteiger partial charge on any atom is -0.457 e. The van der Waals surface area contributed by atoms with Crippen molar-refractivity contribution in [1.82, 2.24) is 14.1 Å². The number of halogens is 3. The summed E-state index contributed by atoms with van der Waals surface area (Å²) in [5.41, 5.74) is 14.0. The molecule has 0 saturated heterocycles. The standard InChI is InChI=1S/C78H66F3N5O/c1-76(2,3)51-33-34-82-73(40-51)86-69-28-18-15-25-61(69)62-32-31-57(46-72(62)86)87-58-44-55(43-56(45-58)85-67-26-16-13-23-59(67)60-24-14-17-27-68(60)85)83-47-84(71-30-20-19-29-70(71)83)75-63(50-35-52(77(4,5)6)39-53(36-50)78(7,8)9)37-49(48-21-11-10-12-22-48)38-64(75)74-65(80)41-54(79)42-66(74)81/h10-46H,47H2,1-9H3. The molecule has 0 fully saturated rings. The van der Waals surface area contributed by atoms with E-state index in [0.717, 1.165) is 118 Å². The molecule has 10 aromatic carbocycles. The van der Waals surface area contributed by atoms with Gasteiger partial charge >= 0.3 is 0 Å². The van der Waals surface area contributed by atoms with Crippen LogP contribution in [0.15, 0.2) is 225 Å². The number of aromatic nitrogens is 3. The molecule has 430 valence electrons. The van der Waals surface area contributed by atoms with Gasteiger partial charge in [0.25, 0.3) is 0 Å². The average molecular weight is 1150 g/mol. The third-order valence-corrected chi connectivity index (χ3v) is 17.2. The zero-order valence-corrected chi connectivity index (χ0v) is 50.3. The van der Waals surface area contributed by atoms with Crippen LogP contribution in [0.4, 0.5) is 35.9 Å². The molecule has 0 aliphatic carbocycles. The fraction of sp³-hybridized carbons (Fsp3) is 0.167. The first-order chi connectivity index (χ1) is 41.7. The summed E-state index contributed by atoms with van der Waals surface area (Å²) in [6.07, 6.45) is 1.89. The van der Waals surface area contributed by atoms with Crippen molar-refractivity contribution in [2.45, 2.75) is 78.6 Å². The van der Waals surface area contributed by atoms with Crippen molar-refractivity contribution >= 4 is 66.4 Å². The SMILES string of the molecule is CC(C)(C)c1cc(-c2cc(-c3ccccc3)cc(-c3c(F)cc(F)cc3F)c2N2CN(c3cc(Oc4ccc5c6ccccc6n(-c6cc(C(C)(C)C)ccn6)c5c4)cc(-n4c5ccccc5c5ccccc54)c3)c3ccccc32)cc(C(C)(C)C)c1. The highest BCUT2D eigenvalue weighted by Crippen LogP contribution is 2.54. The maximum Gasteiger partial charge on any atom is 0.137 e. The van der Waals surface area contributed by atoms with Gasteiger partial charge in [-0.25, -0.2) is 18.2 Å². The van der Waals surface area contributed by atoms with Crippen molar-refractivity contribution in [3.05, 3.63) is 259 Å². The zero-order chi connectivity index (χ0) is 60.3. The number of para-hydroxylation sites is 5. The monoisotopic (exact) mass is 1150 g/mol. The average Bonchev–Trinajstić information content (AvgIpc) is 2.05. The van der Waals surface area contributed by atoms with Crippen molar-refractivity contribution in [2.75, 3.05) is 16.5 Å². The second kappa shape index (κ2) is 20.7. The Morgan fingerprint density at radius 3 is 1.53 bits per heavy atom. The number of hydrogen-bond donors (Lipinski definition) is 0. The summed E-state index contributed by atoms with van der Waals surface area (Å²) in [5.74, 6) is -0.944. The van der Waals surface area contributed by atoms with E-state index >= 15 is 13.2 Å². The van der Waals surface area contributed by atoms with Gasteiger partial charge in [0.15, 0.2) is 0 Å². The fourth-order valence-electron chi connectivity index (χ4n) is 12.7. The molecule has 4 heterocycles. The van der Waals surface area contributed by atoms with Crippen molar-refractivity contribution in [3.8, 4) is 56.4 Å². The number of benzene rings is 10. The number of anilines is 4. The molecule has 13 aromatic rings. The van der Waals surface area contributed by atoms with E-state index in [1.54, 1.807) is 0 Å². The third-order valence-electron chi connectivity index (χ3n) is 17.2. The van der Waals surface area contributed by atoms with Crippen LogP contribution in [-0.4, -0.2) is 20.8 Å². The van der Waals surface area contributed by atoms with Gasteiger partial charge < -0.3 is 19.1 Å². The minimum atomic E-state index is -0.998. The maximum atomic E-state index is 17.0. The van der Waals surface area contributed by atoms with Crippen LogP contribution in [0.5, 0.6) is 11.5 Å². The highest BCUT2D eigenvalue weighted by molar-refractivity contribution is 6.11. The Labute approximate surface area is 506 Å². The molecule has 0 saturated carbocycles. The van der Waals surface area contributed by atoms with Gasteiger partial charge in [0, 0.05) is 74.9 Å². The lowest BCUT2D eigenvalue weighted by atomic mass is 9.78. The predicted octanol–water partition coefficient (Wildman–Crippen LogP) is 21.6. The van der Waals surface area contributed by atoms with E-state index in [1.165, 1.54) is 5.56 Å². The van der Waals surface area contributed by atoms with Crippen LogP contribution in [-0.2, 0) is 16.2 Å². The molecule has 9 heteroatoms. The number of rotatable bonds is 9. The van der Waals surface area contributed by atoms with Crippen LogP contribution in [0, 0.1) is 17.5 Å². The Balaban J connectivity index is 0.998. The summed E-state index contributed by atoms with van der Waals surface area (Å²) < 4.78 is 61.0. The molecule has 0 unspecified atom stereocenters. The van der Waals surface area contributed by atoms with E-state index < -0.39 is 17.5 Å². The van der Waals surface area contributed by atoms with Gasteiger partial charge in [-0.2, -0.15) is 0 Å². The number of ether oxygens (including phenoxy) is 1. The lowest BCUT2D eigenvalue weighted by molar-refractivity contribution is 0.483. The Morgan fingerprint density at radius 1 is 0.391 bits per heavy atom.